The number of para-hydroxylation sites is 2. The smallest absolute Gasteiger partial charge is 0.248 e. The Labute approximate surface area is 130 Å². The second-order valence-corrected chi connectivity index (χ2v) is 5.87. The van der Waals surface area contributed by atoms with E-state index < -0.39 is 0 Å². The lowest BCUT2D eigenvalue weighted by Crippen LogP contribution is -2.41. The van der Waals surface area contributed by atoms with Gasteiger partial charge in [0.1, 0.15) is 12.4 Å². The van der Waals surface area contributed by atoms with Crippen LogP contribution >= 0.6 is 0 Å². The van der Waals surface area contributed by atoms with E-state index in [4.69, 9.17) is 4.74 Å². The van der Waals surface area contributed by atoms with Gasteiger partial charge in [0.2, 0.25) is 5.91 Å². The van der Waals surface area contributed by atoms with Crippen LogP contribution in [0.4, 0.5) is 0 Å². The van der Waals surface area contributed by atoms with E-state index in [-0.39, 0.29) is 18.4 Å². The molecular formula is C17H23N3O2. The number of hydrogen-bond acceptors (Lipinski definition) is 3. The molecule has 0 saturated carbocycles. The maximum atomic E-state index is 12.2. The Morgan fingerprint density at radius 2 is 2.32 bits per heavy atom. The topological polar surface area (TPSA) is 58.2 Å². The second kappa shape index (κ2) is 6.92. The quantitative estimate of drug-likeness (QED) is 0.864. The number of nitrogens with one attached hydrogen (secondary N) is 1. The highest BCUT2D eigenvalue weighted by atomic mass is 16.5. The second-order valence-electron chi connectivity index (χ2n) is 5.87. The molecule has 0 unspecified atom stereocenters. The number of aromatic nitrogens is 2. The van der Waals surface area contributed by atoms with Gasteiger partial charge in [-0.05, 0) is 31.4 Å². The van der Waals surface area contributed by atoms with Crippen LogP contribution in [0.5, 0.6) is 0 Å². The van der Waals surface area contributed by atoms with Crippen molar-refractivity contribution in [2.75, 3.05) is 26.3 Å². The molecule has 3 rings (SSSR count). The van der Waals surface area contributed by atoms with E-state index >= 15 is 0 Å². The molecule has 0 spiro atoms. The molecule has 5 nitrogen and oxygen atoms in total. The standard InChI is InChI=1S/C17H23N3O2/c1-2-10-22-12-16(21)20-9-5-6-13(11-20)17-18-14-7-3-4-8-15(14)19-17/h3-4,7-8,13H,2,5-6,9-12H2,1H3,(H,18,19)/t13-/m0/s1. The number of aromatic amines is 1. The lowest BCUT2D eigenvalue weighted by molar-refractivity contribution is -0.137. The summed E-state index contributed by atoms with van der Waals surface area (Å²) >= 11 is 0. The molecule has 1 aliphatic rings. The van der Waals surface area contributed by atoms with Crippen LogP contribution in [0.1, 0.15) is 37.9 Å². The van der Waals surface area contributed by atoms with Crippen molar-refractivity contribution in [3.8, 4) is 0 Å². The number of rotatable bonds is 5. The van der Waals surface area contributed by atoms with Gasteiger partial charge in [-0.15, -0.1) is 0 Å². The summed E-state index contributed by atoms with van der Waals surface area (Å²) in [4.78, 5) is 22.2. The number of fused-ring (bicyclic) bond motifs is 1. The molecule has 118 valence electrons. The first-order valence-electron chi connectivity index (χ1n) is 8.08. The van der Waals surface area contributed by atoms with E-state index in [1.165, 1.54) is 0 Å². The van der Waals surface area contributed by atoms with E-state index in [0.717, 1.165) is 49.2 Å². The number of hydrogen-bond donors (Lipinski definition) is 1. The fourth-order valence-corrected chi connectivity index (χ4v) is 2.99. The summed E-state index contributed by atoms with van der Waals surface area (Å²) in [6.45, 7) is 4.44. The summed E-state index contributed by atoms with van der Waals surface area (Å²) in [7, 11) is 0. The minimum atomic E-state index is 0.0919. The van der Waals surface area contributed by atoms with E-state index in [1.54, 1.807) is 0 Å². The van der Waals surface area contributed by atoms with Gasteiger partial charge in [-0.1, -0.05) is 19.1 Å². The van der Waals surface area contributed by atoms with Gasteiger partial charge in [0.15, 0.2) is 0 Å². The summed E-state index contributed by atoms with van der Waals surface area (Å²) < 4.78 is 5.37. The number of piperidine rings is 1. The summed E-state index contributed by atoms with van der Waals surface area (Å²) in [6.07, 6.45) is 3.02. The number of nitrogens with zero attached hydrogens (tertiary/aromatic N) is 2. The Kier molecular flexibility index (Phi) is 4.73. The Morgan fingerprint density at radius 3 is 3.14 bits per heavy atom. The number of carbonyl (C=O) groups is 1. The predicted molar refractivity (Wildman–Crippen MR) is 85.8 cm³/mol. The minimum Gasteiger partial charge on any atom is -0.372 e. The number of benzene rings is 1. The van der Waals surface area contributed by atoms with Crippen molar-refractivity contribution in [2.24, 2.45) is 0 Å². The molecule has 1 aromatic heterocycles. The number of H-pyrrole nitrogens is 1. The molecule has 1 N–H and O–H groups in total. The lowest BCUT2D eigenvalue weighted by atomic mass is 9.97. The van der Waals surface area contributed by atoms with Crippen LogP contribution in [0.25, 0.3) is 11.0 Å². The molecule has 0 radical (unpaired) electrons. The number of likely N-dealkylation sites (tertiary alicyclic amines) is 1. The van der Waals surface area contributed by atoms with Crippen molar-refractivity contribution in [3.63, 3.8) is 0 Å². The average Bonchev–Trinajstić information content (AvgIpc) is 2.99. The minimum absolute atomic E-state index is 0.0919. The van der Waals surface area contributed by atoms with Crippen molar-refractivity contribution >= 4 is 16.9 Å². The van der Waals surface area contributed by atoms with Crippen molar-refractivity contribution < 1.29 is 9.53 Å². The van der Waals surface area contributed by atoms with Crippen molar-refractivity contribution in [3.05, 3.63) is 30.1 Å². The number of amides is 1. The molecule has 1 aromatic carbocycles. The highest BCUT2D eigenvalue weighted by Gasteiger charge is 2.26. The zero-order valence-electron chi connectivity index (χ0n) is 13.0. The van der Waals surface area contributed by atoms with Crippen LogP contribution < -0.4 is 0 Å². The van der Waals surface area contributed by atoms with E-state index in [0.29, 0.717) is 6.61 Å². The molecule has 0 aliphatic carbocycles. The number of ether oxygens (including phenoxy) is 1. The van der Waals surface area contributed by atoms with Gasteiger partial charge < -0.3 is 14.6 Å². The zero-order valence-corrected chi connectivity index (χ0v) is 13.0. The van der Waals surface area contributed by atoms with E-state index in [1.807, 2.05) is 36.1 Å². The summed E-state index contributed by atoms with van der Waals surface area (Å²) in [5, 5.41) is 0. The summed E-state index contributed by atoms with van der Waals surface area (Å²) in [6, 6.07) is 8.05. The Hall–Kier alpha value is -1.88. The van der Waals surface area contributed by atoms with Crippen molar-refractivity contribution in [1.82, 2.24) is 14.9 Å². The monoisotopic (exact) mass is 301 g/mol. The fourth-order valence-electron chi connectivity index (χ4n) is 2.99. The predicted octanol–water partition coefficient (Wildman–Crippen LogP) is 2.70. The van der Waals surface area contributed by atoms with E-state index in [2.05, 4.69) is 9.97 Å². The average molecular weight is 301 g/mol. The largest absolute Gasteiger partial charge is 0.372 e. The van der Waals surface area contributed by atoms with Crippen LogP contribution in [-0.4, -0.2) is 47.1 Å². The third-order valence-electron chi connectivity index (χ3n) is 4.14. The molecule has 0 bridgehead atoms. The van der Waals surface area contributed by atoms with Gasteiger partial charge >= 0.3 is 0 Å². The first kappa shape index (κ1) is 15.0. The fraction of sp³-hybridized carbons (Fsp3) is 0.529. The van der Waals surface area contributed by atoms with Gasteiger partial charge in [-0.25, -0.2) is 4.98 Å². The molecule has 5 heteroatoms. The van der Waals surface area contributed by atoms with Crippen molar-refractivity contribution in [2.45, 2.75) is 32.1 Å². The normalized spacial score (nSPS) is 18.8. The number of imidazole rings is 1. The molecule has 1 fully saturated rings. The molecule has 2 heterocycles. The molecule has 1 atom stereocenters. The van der Waals surface area contributed by atoms with Gasteiger partial charge in [0.05, 0.1) is 11.0 Å². The highest BCUT2D eigenvalue weighted by molar-refractivity contribution is 5.78. The first-order chi connectivity index (χ1) is 10.8. The van der Waals surface area contributed by atoms with Crippen LogP contribution in [-0.2, 0) is 9.53 Å². The highest BCUT2D eigenvalue weighted by Crippen LogP contribution is 2.26. The molecular weight excluding hydrogens is 278 g/mol. The van der Waals surface area contributed by atoms with Crippen LogP contribution in [0.2, 0.25) is 0 Å². The van der Waals surface area contributed by atoms with Crippen LogP contribution in [0.3, 0.4) is 0 Å². The SMILES string of the molecule is CCCOCC(=O)N1CCC[C@H](c2nc3ccccc3[nH]2)C1. The van der Waals surface area contributed by atoms with Gasteiger partial charge in [-0.3, -0.25) is 4.79 Å². The zero-order chi connectivity index (χ0) is 15.4. The Bertz CT molecular complexity index is 605. The third-order valence-corrected chi connectivity index (χ3v) is 4.14. The first-order valence-corrected chi connectivity index (χ1v) is 8.08. The van der Waals surface area contributed by atoms with E-state index in [9.17, 15) is 4.79 Å². The molecule has 1 amide bonds. The van der Waals surface area contributed by atoms with Crippen LogP contribution in [0, 0.1) is 0 Å². The number of carbonyl (C=O) groups excluding carboxylic acids is 1. The van der Waals surface area contributed by atoms with Gasteiger partial charge in [0, 0.05) is 25.6 Å². The van der Waals surface area contributed by atoms with Gasteiger partial charge in [0.25, 0.3) is 0 Å². The Morgan fingerprint density at radius 1 is 1.45 bits per heavy atom. The molecule has 22 heavy (non-hydrogen) atoms. The summed E-state index contributed by atoms with van der Waals surface area (Å²) in [5.74, 6) is 1.37. The maximum absolute atomic E-state index is 12.2. The Balaban J connectivity index is 1.66. The molecule has 1 aliphatic heterocycles. The van der Waals surface area contributed by atoms with Crippen LogP contribution in [0.15, 0.2) is 24.3 Å². The molecule has 2 aromatic rings. The van der Waals surface area contributed by atoms with Gasteiger partial charge in [-0.2, -0.15) is 0 Å². The third kappa shape index (κ3) is 3.30. The van der Waals surface area contributed by atoms with Crippen molar-refractivity contribution in [1.29, 1.82) is 0 Å². The molecule has 1 saturated heterocycles. The maximum Gasteiger partial charge on any atom is 0.248 e. The lowest BCUT2D eigenvalue weighted by Gasteiger charge is -2.31. The summed E-state index contributed by atoms with van der Waals surface area (Å²) in [5.41, 5.74) is 2.06.